The summed E-state index contributed by atoms with van der Waals surface area (Å²) >= 11 is 0. The van der Waals surface area contributed by atoms with Crippen LogP contribution < -0.4 is 4.74 Å². The Morgan fingerprint density at radius 1 is 1.16 bits per heavy atom. The van der Waals surface area contributed by atoms with E-state index in [1.807, 2.05) is 41.1 Å². The zero-order valence-electron chi connectivity index (χ0n) is 19.1. The molecule has 0 saturated carbocycles. The van der Waals surface area contributed by atoms with Gasteiger partial charge in [-0.2, -0.15) is 0 Å². The minimum Gasteiger partial charge on any atom is -0.496 e. The molecule has 6 nitrogen and oxygen atoms in total. The largest absolute Gasteiger partial charge is 0.496 e. The van der Waals surface area contributed by atoms with Crippen LogP contribution in [0.5, 0.6) is 5.75 Å². The van der Waals surface area contributed by atoms with E-state index in [0.717, 1.165) is 24.3 Å². The van der Waals surface area contributed by atoms with Crippen LogP contribution >= 0.6 is 0 Å². The molecule has 1 aromatic rings. The van der Waals surface area contributed by atoms with Crippen molar-refractivity contribution in [3.05, 3.63) is 29.8 Å². The Morgan fingerprint density at radius 3 is 2.81 bits per heavy atom. The summed E-state index contributed by atoms with van der Waals surface area (Å²) in [5.41, 5.74) is 1.10. The molecule has 6 heteroatoms. The lowest BCUT2D eigenvalue weighted by molar-refractivity contribution is -0.135. The average molecular weight is 428 g/mol. The van der Waals surface area contributed by atoms with Gasteiger partial charge in [0.15, 0.2) is 0 Å². The zero-order chi connectivity index (χ0) is 21.8. The van der Waals surface area contributed by atoms with E-state index in [9.17, 15) is 9.59 Å². The highest BCUT2D eigenvalue weighted by Gasteiger charge is 2.38. The van der Waals surface area contributed by atoms with Crippen molar-refractivity contribution >= 4 is 11.8 Å². The van der Waals surface area contributed by atoms with E-state index in [2.05, 4.69) is 4.90 Å². The summed E-state index contributed by atoms with van der Waals surface area (Å²) in [5.74, 6) is 1.45. The van der Waals surface area contributed by atoms with Crippen molar-refractivity contribution in [2.75, 3.05) is 46.9 Å². The molecule has 3 fully saturated rings. The fraction of sp³-hybridized carbons (Fsp3) is 0.680. The van der Waals surface area contributed by atoms with Gasteiger partial charge >= 0.3 is 0 Å². The van der Waals surface area contributed by atoms with Gasteiger partial charge in [-0.05, 0) is 62.7 Å². The molecule has 170 valence electrons. The van der Waals surface area contributed by atoms with Crippen LogP contribution in [0.15, 0.2) is 24.3 Å². The van der Waals surface area contributed by atoms with Crippen molar-refractivity contribution in [2.45, 2.75) is 51.0 Å². The number of rotatable bonds is 7. The number of fused-ring (bicyclic) bond motifs is 1. The molecule has 1 aromatic carbocycles. The number of likely N-dealkylation sites (tertiary alicyclic amines) is 1. The van der Waals surface area contributed by atoms with E-state index < -0.39 is 0 Å². The summed E-state index contributed by atoms with van der Waals surface area (Å²) in [5, 5.41) is 0. The van der Waals surface area contributed by atoms with Gasteiger partial charge in [0.2, 0.25) is 11.8 Å². The van der Waals surface area contributed by atoms with Gasteiger partial charge in [-0.1, -0.05) is 24.6 Å². The van der Waals surface area contributed by atoms with Gasteiger partial charge < -0.3 is 19.4 Å². The van der Waals surface area contributed by atoms with Gasteiger partial charge in [-0.15, -0.1) is 0 Å². The first-order valence-electron chi connectivity index (χ1n) is 12.0. The maximum absolute atomic E-state index is 13.2. The standard InChI is InChI=1S/C25H37N3O3/c1-26(17-20-9-7-14-27-13-6-5-10-22(20)27)25(30)21-16-24(29)28(18-21)15-12-19-8-3-4-11-23(19)31-2/h3-4,8,11,20-22H,5-7,9-10,12-18H2,1-2H3/t20-,21+,22+/m0/s1. The molecule has 0 spiro atoms. The topological polar surface area (TPSA) is 53.1 Å². The zero-order valence-corrected chi connectivity index (χ0v) is 19.1. The summed E-state index contributed by atoms with van der Waals surface area (Å²) in [4.78, 5) is 32.2. The van der Waals surface area contributed by atoms with Gasteiger partial charge in [0.05, 0.1) is 13.0 Å². The number of amides is 2. The molecule has 0 bridgehead atoms. The SMILES string of the molecule is COc1ccccc1CCN1C[C@H](C(=O)N(C)C[C@@H]2CCCN3CCCC[C@H]23)CC1=O. The Kier molecular flexibility index (Phi) is 7.16. The predicted molar refractivity (Wildman–Crippen MR) is 121 cm³/mol. The van der Waals surface area contributed by atoms with Crippen LogP contribution in [0.4, 0.5) is 0 Å². The Labute approximate surface area is 186 Å². The third kappa shape index (κ3) is 5.05. The van der Waals surface area contributed by atoms with Gasteiger partial charge in [-0.25, -0.2) is 0 Å². The Bertz CT molecular complexity index is 781. The van der Waals surface area contributed by atoms with E-state index in [4.69, 9.17) is 4.74 Å². The monoisotopic (exact) mass is 427 g/mol. The molecule has 4 rings (SSSR count). The molecule has 3 aliphatic heterocycles. The fourth-order valence-corrected chi connectivity index (χ4v) is 5.86. The van der Waals surface area contributed by atoms with E-state index in [1.165, 1.54) is 45.2 Å². The van der Waals surface area contributed by atoms with Crippen LogP contribution in [-0.4, -0.2) is 79.4 Å². The lowest BCUT2D eigenvalue weighted by atomic mass is 9.83. The van der Waals surface area contributed by atoms with Crippen LogP contribution in [0.3, 0.4) is 0 Å². The molecule has 3 saturated heterocycles. The number of hydrogen-bond donors (Lipinski definition) is 0. The molecule has 3 aliphatic rings. The summed E-state index contributed by atoms with van der Waals surface area (Å²) in [6, 6.07) is 8.56. The van der Waals surface area contributed by atoms with Crippen molar-refractivity contribution in [3.8, 4) is 5.75 Å². The number of para-hydroxylation sites is 1. The molecule has 31 heavy (non-hydrogen) atoms. The summed E-state index contributed by atoms with van der Waals surface area (Å²) in [6.07, 6.45) is 7.43. The number of benzene rings is 1. The molecule has 0 aliphatic carbocycles. The number of carbonyl (C=O) groups is 2. The summed E-state index contributed by atoms with van der Waals surface area (Å²) in [6.45, 7) is 4.43. The lowest BCUT2D eigenvalue weighted by Gasteiger charge is -2.45. The molecule has 0 aromatic heterocycles. The van der Waals surface area contributed by atoms with Crippen molar-refractivity contribution in [3.63, 3.8) is 0 Å². The molecule has 3 atom stereocenters. The normalized spacial score (nSPS) is 26.6. The molecule has 3 heterocycles. The quantitative estimate of drug-likeness (QED) is 0.672. The van der Waals surface area contributed by atoms with E-state index >= 15 is 0 Å². The van der Waals surface area contributed by atoms with Crippen molar-refractivity contribution in [1.29, 1.82) is 0 Å². The molecule has 0 radical (unpaired) electrons. The number of hydrogen-bond acceptors (Lipinski definition) is 4. The van der Waals surface area contributed by atoms with Gasteiger partial charge in [-0.3, -0.25) is 9.59 Å². The minimum absolute atomic E-state index is 0.0952. The average Bonchev–Trinajstić information content (AvgIpc) is 3.18. The smallest absolute Gasteiger partial charge is 0.227 e. The number of ether oxygens (including phenoxy) is 1. The van der Waals surface area contributed by atoms with Crippen molar-refractivity contribution in [1.82, 2.24) is 14.7 Å². The first-order valence-corrected chi connectivity index (χ1v) is 12.0. The first kappa shape index (κ1) is 22.1. The van der Waals surface area contributed by atoms with E-state index in [-0.39, 0.29) is 17.7 Å². The lowest BCUT2D eigenvalue weighted by Crippen LogP contribution is -2.51. The predicted octanol–water partition coefficient (Wildman–Crippen LogP) is 2.81. The molecule has 2 amide bonds. The second-order valence-electron chi connectivity index (χ2n) is 9.52. The van der Waals surface area contributed by atoms with E-state index in [0.29, 0.717) is 31.5 Å². The highest BCUT2D eigenvalue weighted by atomic mass is 16.5. The fourth-order valence-electron chi connectivity index (χ4n) is 5.86. The van der Waals surface area contributed by atoms with Crippen LogP contribution in [0.25, 0.3) is 0 Å². The highest BCUT2D eigenvalue weighted by molar-refractivity contribution is 5.89. The van der Waals surface area contributed by atoms with Gasteiger partial charge in [0.1, 0.15) is 5.75 Å². The minimum atomic E-state index is -0.207. The number of carbonyl (C=O) groups excluding carboxylic acids is 2. The van der Waals surface area contributed by atoms with Crippen LogP contribution in [0.1, 0.15) is 44.1 Å². The van der Waals surface area contributed by atoms with Crippen molar-refractivity contribution < 1.29 is 14.3 Å². The van der Waals surface area contributed by atoms with Crippen LogP contribution in [-0.2, 0) is 16.0 Å². The third-order valence-corrected chi connectivity index (χ3v) is 7.52. The number of piperidine rings is 2. The third-order valence-electron chi connectivity index (χ3n) is 7.52. The summed E-state index contributed by atoms with van der Waals surface area (Å²) in [7, 11) is 3.61. The molecule has 0 N–H and O–H groups in total. The summed E-state index contributed by atoms with van der Waals surface area (Å²) < 4.78 is 5.42. The second-order valence-corrected chi connectivity index (χ2v) is 9.52. The number of methoxy groups -OCH3 is 1. The van der Waals surface area contributed by atoms with E-state index in [1.54, 1.807) is 7.11 Å². The maximum Gasteiger partial charge on any atom is 0.227 e. The number of nitrogens with zero attached hydrogens (tertiary/aromatic N) is 3. The Morgan fingerprint density at radius 2 is 1.97 bits per heavy atom. The maximum atomic E-state index is 13.2. The van der Waals surface area contributed by atoms with Gasteiger partial charge in [0.25, 0.3) is 0 Å². The first-order chi connectivity index (χ1) is 15.1. The van der Waals surface area contributed by atoms with Crippen LogP contribution in [0, 0.1) is 11.8 Å². The van der Waals surface area contributed by atoms with Crippen molar-refractivity contribution in [2.24, 2.45) is 11.8 Å². The van der Waals surface area contributed by atoms with Gasteiger partial charge in [0, 0.05) is 39.1 Å². The molecule has 0 unspecified atom stereocenters. The second kappa shape index (κ2) is 10.0. The Hall–Kier alpha value is -2.08. The Balaban J connectivity index is 1.30. The highest BCUT2D eigenvalue weighted by Crippen LogP contribution is 2.32. The molecular weight excluding hydrogens is 390 g/mol. The molecular formula is C25H37N3O3. The van der Waals surface area contributed by atoms with Crippen LogP contribution in [0.2, 0.25) is 0 Å².